The van der Waals surface area contributed by atoms with Gasteiger partial charge in [-0.2, -0.15) is 0 Å². The number of pyridine rings is 1. The molecular formula is C15H18N2O2. The fourth-order valence-electron chi connectivity index (χ4n) is 2.63. The van der Waals surface area contributed by atoms with Crippen molar-refractivity contribution in [2.45, 2.75) is 19.6 Å². The fraction of sp³-hybridized carbons (Fsp3) is 0.400. The van der Waals surface area contributed by atoms with Crippen LogP contribution in [0.15, 0.2) is 30.5 Å². The molecule has 1 saturated heterocycles. The number of nitrogens with zero attached hydrogens (tertiary/aromatic N) is 2. The average molecular weight is 258 g/mol. The second-order valence-electron chi connectivity index (χ2n) is 4.94. The summed E-state index contributed by atoms with van der Waals surface area (Å²) in [6, 6.07) is 8.11. The third-order valence-corrected chi connectivity index (χ3v) is 3.57. The van der Waals surface area contributed by atoms with Crippen molar-refractivity contribution >= 4 is 16.6 Å². The maximum Gasteiger partial charge on any atom is 0.136 e. The van der Waals surface area contributed by atoms with Crippen molar-refractivity contribution in [2.24, 2.45) is 0 Å². The molecule has 4 nitrogen and oxygen atoms in total. The van der Waals surface area contributed by atoms with Crippen LogP contribution in [0.1, 0.15) is 12.5 Å². The standard InChI is InChI=1S/C15H18N2O2/c1-11-9-17(6-7-19-11)15-14-5-3-2-4-13(14)12(10-18)8-16-15/h2-5,8,11,18H,6-7,9-10H2,1H3. The maximum absolute atomic E-state index is 9.41. The first-order chi connectivity index (χ1) is 9.29. The van der Waals surface area contributed by atoms with Crippen molar-refractivity contribution < 1.29 is 9.84 Å². The van der Waals surface area contributed by atoms with Crippen molar-refractivity contribution in [3.05, 3.63) is 36.0 Å². The number of ether oxygens (including phenoxy) is 1. The number of aliphatic hydroxyl groups is 1. The molecular weight excluding hydrogens is 240 g/mol. The highest BCUT2D eigenvalue weighted by Gasteiger charge is 2.20. The summed E-state index contributed by atoms with van der Waals surface area (Å²) in [4.78, 5) is 6.81. The molecule has 0 saturated carbocycles. The number of aliphatic hydroxyl groups excluding tert-OH is 1. The minimum Gasteiger partial charge on any atom is -0.392 e. The van der Waals surface area contributed by atoms with Gasteiger partial charge in [-0.15, -0.1) is 0 Å². The lowest BCUT2D eigenvalue weighted by Crippen LogP contribution is -2.41. The van der Waals surface area contributed by atoms with Gasteiger partial charge in [0, 0.05) is 30.2 Å². The molecule has 1 fully saturated rings. The molecule has 2 heterocycles. The Morgan fingerprint density at radius 2 is 2.16 bits per heavy atom. The molecule has 1 aliphatic heterocycles. The summed E-state index contributed by atoms with van der Waals surface area (Å²) in [6.45, 7) is 4.55. The van der Waals surface area contributed by atoms with Gasteiger partial charge in [-0.25, -0.2) is 4.98 Å². The molecule has 1 aromatic heterocycles. The van der Waals surface area contributed by atoms with Crippen LogP contribution in [0.4, 0.5) is 5.82 Å². The summed E-state index contributed by atoms with van der Waals surface area (Å²) >= 11 is 0. The predicted molar refractivity (Wildman–Crippen MR) is 75.3 cm³/mol. The van der Waals surface area contributed by atoms with Crippen LogP contribution < -0.4 is 4.90 Å². The summed E-state index contributed by atoms with van der Waals surface area (Å²) < 4.78 is 5.58. The summed E-state index contributed by atoms with van der Waals surface area (Å²) in [5, 5.41) is 11.6. The Bertz CT molecular complexity index is 585. The Balaban J connectivity index is 2.09. The lowest BCUT2D eigenvalue weighted by atomic mass is 10.1. The Kier molecular flexibility index (Phi) is 3.36. The van der Waals surface area contributed by atoms with Crippen LogP contribution in [0.25, 0.3) is 10.8 Å². The van der Waals surface area contributed by atoms with Gasteiger partial charge < -0.3 is 14.7 Å². The van der Waals surface area contributed by atoms with Gasteiger partial charge in [0.25, 0.3) is 0 Å². The lowest BCUT2D eigenvalue weighted by Gasteiger charge is -2.32. The number of benzene rings is 1. The minimum absolute atomic E-state index is 0.0211. The molecule has 100 valence electrons. The SMILES string of the molecule is CC1CN(c2ncc(CO)c3ccccc23)CCO1. The third-order valence-electron chi connectivity index (χ3n) is 3.57. The molecule has 1 unspecified atom stereocenters. The maximum atomic E-state index is 9.41. The van der Waals surface area contributed by atoms with Gasteiger partial charge in [-0.1, -0.05) is 24.3 Å². The second kappa shape index (κ2) is 5.15. The number of morpholine rings is 1. The largest absolute Gasteiger partial charge is 0.392 e. The number of aromatic nitrogens is 1. The van der Waals surface area contributed by atoms with Crippen LogP contribution >= 0.6 is 0 Å². The summed E-state index contributed by atoms with van der Waals surface area (Å²) in [5.74, 6) is 0.989. The molecule has 1 N–H and O–H groups in total. The molecule has 2 aromatic rings. The van der Waals surface area contributed by atoms with Crippen LogP contribution in [0.2, 0.25) is 0 Å². The van der Waals surface area contributed by atoms with E-state index in [2.05, 4.69) is 22.9 Å². The fourth-order valence-corrected chi connectivity index (χ4v) is 2.63. The van der Waals surface area contributed by atoms with Crippen LogP contribution in [0, 0.1) is 0 Å². The molecule has 3 rings (SSSR count). The van der Waals surface area contributed by atoms with Crippen LogP contribution in [-0.4, -0.2) is 35.9 Å². The molecule has 0 bridgehead atoms. The molecule has 1 aromatic carbocycles. The number of anilines is 1. The zero-order valence-electron chi connectivity index (χ0n) is 11.0. The van der Waals surface area contributed by atoms with Crippen LogP contribution in [0.5, 0.6) is 0 Å². The number of rotatable bonds is 2. The van der Waals surface area contributed by atoms with E-state index in [4.69, 9.17) is 4.74 Å². The monoisotopic (exact) mass is 258 g/mol. The van der Waals surface area contributed by atoms with Gasteiger partial charge in [0.1, 0.15) is 5.82 Å². The van der Waals surface area contributed by atoms with E-state index in [-0.39, 0.29) is 12.7 Å². The van der Waals surface area contributed by atoms with Gasteiger partial charge in [-0.05, 0) is 12.3 Å². The second-order valence-corrected chi connectivity index (χ2v) is 4.94. The van der Waals surface area contributed by atoms with Crippen LogP contribution in [0.3, 0.4) is 0 Å². The van der Waals surface area contributed by atoms with Crippen molar-refractivity contribution in [1.29, 1.82) is 0 Å². The summed E-state index contributed by atoms with van der Waals surface area (Å²) in [6.07, 6.45) is 2.00. The third kappa shape index (κ3) is 2.29. The van der Waals surface area contributed by atoms with Gasteiger partial charge in [0.2, 0.25) is 0 Å². The van der Waals surface area contributed by atoms with E-state index in [1.165, 1.54) is 0 Å². The first-order valence-corrected chi connectivity index (χ1v) is 6.63. The summed E-state index contributed by atoms with van der Waals surface area (Å²) in [5.41, 5.74) is 0.876. The van der Waals surface area contributed by atoms with E-state index in [1.807, 2.05) is 18.2 Å². The van der Waals surface area contributed by atoms with E-state index in [1.54, 1.807) is 6.20 Å². The molecule has 0 amide bonds. The van der Waals surface area contributed by atoms with Gasteiger partial charge >= 0.3 is 0 Å². The zero-order chi connectivity index (χ0) is 13.2. The Morgan fingerprint density at radius 3 is 2.89 bits per heavy atom. The molecule has 0 aliphatic carbocycles. The highest BCUT2D eigenvalue weighted by molar-refractivity contribution is 5.94. The minimum atomic E-state index is 0.0211. The highest BCUT2D eigenvalue weighted by Crippen LogP contribution is 2.28. The van der Waals surface area contributed by atoms with Crippen LogP contribution in [-0.2, 0) is 11.3 Å². The highest BCUT2D eigenvalue weighted by atomic mass is 16.5. The Morgan fingerprint density at radius 1 is 1.37 bits per heavy atom. The normalized spacial score (nSPS) is 19.9. The first-order valence-electron chi connectivity index (χ1n) is 6.63. The first kappa shape index (κ1) is 12.4. The molecule has 19 heavy (non-hydrogen) atoms. The molecule has 4 heteroatoms. The van der Waals surface area contributed by atoms with E-state index in [9.17, 15) is 5.11 Å². The number of fused-ring (bicyclic) bond motifs is 1. The van der Waals surface area contributed by atoms with Crippen molar-refractivity contribution in [3.63, 3.8) is 0 Å². The molecule has 0 spiro atoms. The average Bonchev–Trinajstić information content (AvgIpc) is 2.46. The predicted octanol–water partition coefficient (Wildman–Crippen LogP) is 1.95. The van der Waals surface area contributed by atoms with Gasteiger partial charge in [0.15, 0.2) is 0 Å². The van der Waals surface area contributed by atoms with Crippen molar-refractivity contribution in [1.82, 2.24) is 4.98 Å². The molecule has 1 aliphatic rings. The van der Waals surface area contributed by atoms with Gasteiger partial charge in [0.05, 0.1) is 19.3 Å². The topological polar surface area (TPSA) is 45.6 Å². The van der Waals surface area contributed by atoms with E-state index in [0.29, 0.717) is 0 Å². The molecule has 1 atom stereocenters. The molecule has 0 radical (unpaired) electrons. The smallest absolute Gasteiger partial charge is 0.136 e. The van der Waals surface area contributed by atoms with Crippen molar-refractivity contribution in [3.8, 4) is 0 Å². The van der Waals surface area contributed by atoms with E-state index in [0.717, 1.165) is 41.9 Å². The van der Waals surface area contributed by atoms with E-state index < -0.39 is 0 Å². The van der Waals surface area contributed by atoms with Gasteiger partial charge in [-0.3, -0.25) is 0 Å². The Hall–Kier alpha value is -1.65. The number of hydrogen-bond acceptors (Lipinski definition) is 4. The zero-order valence-corrected chi connectivity index (χ0v) is 11.0. The Labute approximate surface area is 112 Å². The lowest BCUT2D eigenvalue weighted by molar-refractivity contribution is 0.0530. The summed E-state index contributed by atoms with van der Waals surface area (Å²) in [7, 11) is 0. The quantitative estimate of drug-likeness (QED) is 0.894. The number of hydrogen-bond donors (Lipinski definition) is 1. The van der Waals surface area contributed by atoms with Crippen molar-refractivity contribution in [2.75, 3.05) is 24.6 Å². The van der Waals surface area contributed by atoms with E-state index >= 15 is 0 Å².